The molecule has 3 aliphatic rings. The molecule has 0 N–H and O–H groups in total. The van der Waals surface area contributed by atoms with Gasteiger partial charge < -0.3 is 9.47 Å². The first-order chi connectivity index (χ1) is 12.0. The number of benzene rings is 1. The predicted octanol–water partition coefficient (Wildman–Crippen LogP) is 2.70. The summed E-state index contributed by atoms with van der Waals surface area (Å²) >= 11 is 0. The zero-order valence-corrected chi connectivity index (χ0v) is 14.0. The van der Waals surface area contributed by atoms with Gasteiger partial charge >= 0.3 is 11.9 Å². The van der Waals surface area contributed by atoms with Crippen LogP contribution in [0.4, 0.5) is 5.69 Å². The van der Waals surface area contributed by atoms with E-state index in [1.807, 2.05) is 6.08 Å². The van der Waals surface area contributed by atoms with Crippen LogP contribution in [0.2, 0.25) is 0 Å². The Bertz CT molecular complexity index is 756. The number of nitro groups is 1. The minimum Gasteiger partial charge on any atom is -0.466 e. The molecule has 0 aliphatic heterocycles. The third-order valence-electron chi connectivity index (χ3n) is 4.81. The molecule has 2 bridgehead atoms. The van der Waals surface area contributed by atoms with E-state index < -0.39 is 40.5 Å². The molecule has 0 saturated carbocycles. The highest BCUT2D eigenvalue weighted by atomic mass is 16.6. The molecule has 0 saturated heterocycles. The summed E-state index contributed by atoms with van der Waals surface area (Å²) in [4.78, 5) is 36.1. The Labute approximate surface area is 144 Å². The second-order valence-corrected chi connectivity index (χ2v) is 6.03. The normalized spacial score (nSPS) is 26.0. The van der Waals surface area contributed by atoms with Crippen molar-refractivity contribution in [3.8, 4) is 0 Å². The van der Waals surface area contributed by atoms with Gasteiger partial charge in [0.1, 0.15) is 0 Å². The van der Waals surface area contributed by atoms with E-state index in [0.717, 1.165) is 0 Å². The number of carbonyl (C=O) groups excluding carboxylic acids is 2. The van der Waals surface area contributed by atoms with Gasteiger partial charge in [-0.15, -0.1) is 0 Å². The van der Waals surface area contributed by atoms with Crippen molar-refractivity contribution in [2.45, 2.75) is 25.7 Å². The fourth-order valence-corrected chi connectivity index (χ4v) is 3.95. The predicted molar refractivity (Wildman–Crippen MR) is 88.0 cm³/mol. The molecule has 0 amide bonds. The van der Waals surface area contributed by atoms with Gasteiger partial charge in [-0.2, -0.15) is 0 Å². The van der Waals surface area contributed by atoms with E-state index in [4.69, 9.17) is 9.47 Å². The smallest absolute Gasteiger partial charge is 0.310 e. The molecule has 4 atom stereocenters. The highest BCUT2D eigenvalue weighted by Gasteiger charge is 2.54. The van der Waals surface area contributed by atoms with Crippen molar-refractivity contribution in [1.82, 2.24) is 0 Å². The molecular weight excluding hydrogens is 326 g/mol. The number of hydrogen-bond acceptors (Lipinski definition) is 6. The maximum absolute atomic E-state index is 12.6. The second-order valence-electron chi connectivity index (χ2n) is 6.03. The van der Waals surface area contributed by atoms with Gasteiger partial charge in [-0.3, -0.25) is 19.7 Å². The molecule has 25 heavy (non-hydrogen) atoms. The van der Waals surface area contributed by atoms with Crippen LogP contribution in [0.3, 0.4) is 0 Å². The number of rotatable bonds is 5. The molecule has 132 valence electrons. The largest absolute Gasteiger partial charge is 0.466 e. The maximum Gasteiger partial charge on any atom is 0.310 e. The number of nitrogens with zero attached hydrogens (tertiary/aromatic N) is 1. The molecule has 0 radical (unpaired) electrons. The number of fused-ring (bicyclic) bond motifs is 1. The number of hydrogen-bond donors (Lipinski definition) is 0. The molecule has 4 rings (SSSR count). The van der Waals surface area contributed by atoms with Crippen LogP contribution in [0.5, 0.6) is 0 Å². The van der Waals surface area contributed by atoms with Crippen molar-refractivity contribution in [2.75, 3.05) is 13.2 Å². The second kappa shape index (κ2) is 6.66. The lowest BCUT2D eigenvalue weighted by Crippen LogP contribution is -2.45. The van der Waals surface area contributed by atoms with Crippen LogP contribution in [0.15, 0.2) is 30.4 Å². The molecule has 0 spiro atoms. The highest BCUT2D eigenvalue weighted by molar-refractivity contribution is 5.87. The van der Waals surface area contributed by atoms with Crippen molar-refractivity contribution in [2.24, 2.45) is 11.8 Å². The molecule has 0 fully saturated rings. The van der Waals surface area contributed by atoms with Crippen molar-refractivity contribution in [3.05, 3.63) is 51.6 Å². The Morgan fingerprint density at radius 2 is 1.60 bits per heavy atom. The van der Waals surface area contributed by atoms with Gasteiger partial charge in [0.15, 0.2) is 0 Å². The third kappa shape index (κ3) is 2.69. The Morgan fingerprint density at radius 3 is 2.16 bits per heavy atom. The summed E-state index contributed by atoms with van der Waals surface area (Å²) in [5.74, 6) is -3.56. The minimum atomic E-state index is -0.817. The van der Waals surface area contributed by atoms with E-state index in [-0.39, 0.29) is 18.9 Å². The van der Waals surface area contributed by atoms with E-state index in [2.05, 4.69) is 0 Å². The van der Waals surface area contributed by atoms with Gasteiger partial charge in [0, 0.05) is 23.5 Å². The fourth-order valence-electron chi connectivity index (χ4n) is 3.95. The maximum atomic E-state index is 12.6. The first-order valence-electron chi connectivity index (χ1n) is 8.30. The zero-order chi connectivity index (χ0) is 18.1. The monoisotopic (exact) mass is 345 g/mol. The van der Waals surface area contributed by atoms with E-state index in [0.29, 0.717) is 11.1 Å². The van der Waals surface area contributed by atoms with Crippen LogP contribution < -0.4 is 0 Å². The molecule has 0 unspecified atom stereocenters. The highest BCUT2D eigenvalue weighted by Crippen LogP contribution is 2.55. The van der Waals surface area contributed by atoms with Crippen LogP contribution in [-0.4, -0.2) is 30.1 Å². The topological polar surface area (TPSA) is 95.7 Å². The number of ether oxygens (including phenoxy) is 2. The summed E-state index contributed by atoms with van der Waals surface area (Å²) in [5.41, 5.74) is 1.17. The number of esters is 2. The van der Waals surface area contributed by atoms with Crippen LogP contribution in [-0.2, 0) is 19.1 Å². The molecule has 7 heteroatoms. The van der Waals surface area contributed by atoms with Gasteiger partial charge in [0.25, 0.3) is 5.69 Å². The standard InChI is InChI=1S/C18H19NO6/c1-3-24-17(20)15-11-8-9-12(16(15)18(21)25-4-2)14-10(11)6-5-7-13(14)19(22)23/h5-9,11-12,15-16H,3-4H2,1-2H3/t11-,12-,15-,16+/m1/s1. The van der Waals surface area contributed by atoms with Gasteiger partial charge in [-0.1, -0.05) is 24.3 Å². The van der Waals surface area contributed by atoms with E-state index in [9.17, 15) is 19.7 Å². The molecule has 1 aromatic carbocycles. The lowest BCUT2D eigenvalue weighted by Gasteiger charge is -2.43. The number of allylic oxidation sites excluding steroid dienone is 2. The molecule has 0 heterocycles. The molecule has 7 nitrogen and oxygen atoms in total. The summed E-state index contributed by atoms with van der Waals surface area (Å²) in [6, 6.07) is 4.80. The van der Waals surface area contributed by atoms with Crippen molar-refractivity contribution in [1.29, 1.82) is 0 Å². The fraction of sp³-hybridized carbons (Fsp3) is 0.444. The summed E-state index contributed by atoms with van der Waals surface area (Å²) in [6.45, 7) is 3.76. The quantitative estimate of drug-likeness (QED) is 0.352. The summed E-state index contributed by atoms with van der Waals surface area (Å²) in [6.07, 6.45) is 3.62. The van der Waals surface area contributed by atoms with E-state index in [1.54, 1.807) is 32.1 Å². The van der Waals surface area contributed by atoms with E-state index >= 15 is 0 Å². The average Bonchev–Trinajstić information content (AvgIpc) is 2.61. The third-order valence-corrected chi connectivity index (χ3v) is 4.81. The Morgan fingerprint density at radius 1 is 1.04 bits per heavy atom. The number of nitro benzene ring substituents is 1. The van der Waals surface area contributed by atoms with Crippen LogP contribution >= 0.6 is 0 Å². The summed E-state index contributed by atoms with van der Waals surface area (Å²) in [5, 5.41) is 11.4. The molecule has 3 aliphatic carbocycles. The molecule has 0 aromatic heterocycles. The van der Waals surface area contributed by atoms with Gasteiger partial charge in [0.2, 0.25) is 0 Å². The SMILES string of the molecule is CCOC(=O)[C@@H]1[C@H](C(=O)OCC)[C@@H]2C=C[C@@H]1c1c2cccc1[N+](=O)[O-]. The van der Waals surface area contributed by atoms with Crippen molar-refractivity contribution in [3.63, 3.8) is 0 Å². The van der Waals surface area contributed by atoms with Crippen molar-refractivity contribution < 1.29 is 24.0 Å². The summed E-state index contributed by atoms with van der Waals surface area (Å²) < 4.78 is 10.3. The zero-order valence-electron chi connectivity index (χ0n) is 14.0. The number of carbonyl (C=O) groups is 2. The minimum absolute atomic E-state index is 0.0338. The van der Waals surface area contributed by atoms with Gasteiger partial charge in [-0.05, 0) is 19.4 Å². The first kappa shape index (κ1) is 17.1. The Kier molecular flexibility index (Phi) is 4.57. The first-order valence-corrected chi connectivity index (χ1v) is 8.30. The van der Waals surface area contributed by atoms with Crippen molar-refractivity contribution >= 4 is 17.6 Å². The molecular formula is C18H19NO6. The average molecular weight is 345 g/mol. The van der Waals surface area contributed by atoms with Gasteiger partial charge in [0.05, 0.1) is 30.0 Å². The lowest BCUT2D eigenvalue weighted by atomic mass is 9.59. The van der Waals surface area contributed by atoms with E-state index in [1.165, 1.54) is 6.07 Å². The lowest BCUT2D eigenvalue weighted by molar-refractivity contribution is -0.385. The van der Waals surface area contributed by atoms with Crippen LogP contribution in [0.25, 0.3) is 0 Å². The summed E-state index contributed by atoms with van der Waals surface area (Å²) in [7, 11) is 0. The Balaban J connectivity index is 2.15. The van der Waals surface area contributed by atoms with Crippen LogP contribution in [0, 0.1) is 22.0 Å². The van der Waals surface area contributed by atoms with Crippen LogP contribution in [0.1, 0.15) is 36.8 Å². The molecule has 1 aromatic rings. The van der Waals surface area contributed by atoms with Gasteiger partial charge in [-0.25, -0.2) is 0 Å². The Hall–Kier alpha value is -2.70.